The summed E-state index contributed by atoms with van der Waals surface area (Å²) in [5.41, 5.74) is 1.53. The number of benzene rings is 1. The summed E-state index contributed by atoms with van der Waals surface area (Å²) >= 11 is 0. The third-order valence-electron chi connectivity index (χ3n) is 2.94. The predicted octanol–water partition coefficient (Wildman–Crippen LogP) is 2.74. The normalized spacial score (nSPS) is 16.4. The van der Waals surface area contributed by atoms with Gasteiger partial charge in [-0.3, -0.25) is 4.99 Å². The quantitative estimate of drug-likeness (QED) is 0.742. The minimum absolute atomic E-state index is 0.185. The van der Waals surface area contributed by atoms with Gasteiger partial charge in [0.1, 0.15) is 5.84 Å². The van der Waals surface area contributed by atoms with Crippen molar-refractivity contribution in [3.8, 4) is 0 Å². The molecule has 1 aromatic rings. The first-order chi connectivity index (χ1) is 7.57. The minimum atomic E-state index is 0.185. The molecule has 2 heteroatoms. The maximum absolute atomic E-state index is 4.62. The fraction of sp³-hybridized carbons (Fsp3) is 0.500. The highest BCUT2D eigenvalue weighted by Gasteiger charge is 2.27. The van der Waals surface area contributed by atoms with Crippen LogP contribution in [0.1, 0.15) is 26.3 Å². The zero-order chi connectivity index (χ0) is 11.6. The second-order valence-corrected chi connectivity index (χ2v) is 5.28. The molecule has 1 aliphatic rings. The lowest BCUT2D eigenvalue weighted by molar-refractivity contribution is 0.254. The number of aliphatic imine (C=N–C) groups is 1. The summed E-state index contributed by atoms with van der Waals surface area (Å²) in [4.78, 5) is 7.04. The molecule has 0 radical (unpaired) electrons. The van der Waals surface area contributed by atoms with Crippen molar-refractivity contribution < 1.29 is 0 Å². The molecular formula is C14H20N2. The van der Waals surface area contributed by atoms with Gasteiger partial charge in [0, 0.05) is 18.5 Å². The van der Waals surface area contributed by atoms with Gasteiger partial charge in [0.25, 0.3) is 0 Å². The van der Waals surface area contributed by atoms with Crippen LogP contribution in [0.4, 0.5) is 0 Å². The third-order valence-corrected chi connectivity index (χ3v) is 2.94. The summed E-state index contributed by atoms with van der Waals surface area (Å²) < 4.78 is 0. The van der Waals surface area contributed by atoms with Crippen LogP contribution in [0, 0.1) is 0 Å². The van der Waals surface area contributed by atoms with Crippen LogP contribution in [0.5, 0.6) is 0 Å². The second kappa shape index (κ2) is 4.28. The molecule has 0 bridgehead atoms. The Kier molecular flexibility index (Phi) is 2.99. The van der Waals surface area contributed by atoms with Gasteiger partial charge in [0.05, 0.1) is 6.54 Å². The summed E-state index contributed by atoms with van der Waals surface area (Å²) in [5.74, 6) is 1.23. The molecule has 0 N–H and O–H groups in total. The Balaban J connectivity index is 2.11. The van der Waals surface area contributed by atoms with Crippen molar-refractivity contribution in [2.45, 2.75) is 32.7 Å². The van der Waals surface area contributed by atoms with E-state index in [9.17, 15) is 0 Å². The third kappa shape index (κ3) is 2.43. The van der Waals surface area contributed by atoms with Crippen LogP contribution in [-0.2, 0) is 6.42 Å². The van der Waals surface area contributed by atoms with Crippen LogP contribution in [-0.4, -0.2) is 29.4 Å². The summed E-state index contributed by atoms with van der Waals surface area (Å²) in [6.45, 7) is 8.75. The number of hydrogen-bond donors (Lipinski definition) is 0. The Hall–Kier alpha value is -1.31. The highest BCUT2D eigenvalue weighted by molar-refractivity contribution is 5.86. The Morgan fingerprint density at radius 2 is 1.88 bits per heavy atom. The summed E-state index contributed by atoms with van der Waals surface area (Å²) in [5, 5.41) is 0. The molecule has 1 aliphatic heterocycles. The average Bonchev–Trinajstić information content (AvgIpc) is 2.67. The molecule has 0 aliphatic carbocycles. The zero-order valence-electron chi connectivity index (χ0n) is 10.4. The molecule has 0 saturated heterocycles. The van der Waals surface area contributed by atoms with E-state index < -0.39 is 0 Å². The van der Waals surface area contributed by atoms with Gasteiger partial charge < -0.3 is 4.90 Å². The number of nitrogens with zero attached hydrogens (tertiary/aromatic N) is 2. The fourth-order valence-electron chi connectivity index (χ4n) is 2.15. The molecule has 0 amide bonds. The van der Waals surface area contributed by atoms with Crippen LogP contribution < -0.4 is 0 Å². The van der Waals surface area contributed by atoms with Gasteiger partial charge in [-0.25, -0.2) is 0 Å². The molecule has 1 heterocycles. The molecule has 86 valence electrons. The molecule has 16 heavy (non-hydrogen) atoms. The molecule has 2 nitrogen and oxygen atoms in total. The molecule has 1 aromatic carbocycles. The zero-order valence-corrected chi connectivity index (χ0v) is 10.4. The van der Waals surface area contributed by atoms with E-state index in [2.05, 4.69) is 61.0 Å². The van der Waals surface area contributed by atoms with Crippen molar-refractivity contribution >= 4 is 5.84 Å². The topological polar surface area (TPSA) is 15.6 Å². The van der Waals surface area contributed by atoms with Crippen molar-refractivity contribution in [2.24, 2.45) is 4.99 Å². The van der Waals surface area contributed by atoms with Gasteiger partial charge in [-0.1, -0.05) is 30.3 Å². The van der Waals surface area contributed by atoms with E-state index in [-0.39, 0.29) is 5.54 Å². The van der Waals surface area contributed by atoms with Gasteiger partial charge in [0.2, 0.25) is 0 Å². The first-order valence-electron chi connectivity index (χ1n) is 5.92. The Morgan fingerprint density at radius 1 is 1.19 bits per heavy atom. The van der Waals surface area contributed by atoms with Crippen LogP contribution in [0.15, 0.2) is 35.3 Å². The average molecular weight is 216 g/mol. The van der Waals surface area contributed by atoms with E-state index in [0.29, 0.717) is 0 Å². The second-order valence-electron chi connectivity index (χ2n) is 5.28. The first-order valence-corrected chi connectivity index (χ1v) is 5.92. The van der Waals surface area contributed by atoms with Crippen LogP contribution in [0.3, 0.4) is 0 Å². The molecule has 0 spiro atoms. The largest absolute Gasteiger partial charge is 0.353 e. The number of rotatable bonds is 2. The van der Waals surface area contributed by atoms with Gasteiger partial charge in [-0.15, -0.1) is 0 Å². The van der Waals surface area contributed by atoms with E-state index in [1.807, 2.05) is 0 Å². The van der Waals surface area contributed by atoms with Crippen molar-refractivity contribution in [3.63, 3.8) is 0 Å². The fourth-order valence-corrected chi connectivity index (χ4v) is 2.15. The van der Waals surface area contributed by atoms with Gasteiger partial charge in [-0.2, -0.15) is 0 Å². The molecule has 0 unspecified atom stereocenters. The van der Waals surface area contributed by atoms with Crippen molar-refractivity contribution in [2.75, 3.05) is 13.1 Å². The number of amidine groups is 1. The SMILES string of the molecule is CC(C)(C)N1CCN=C1Cc1ccccc1. The molecule has 0 aromatic heterocycles. The molecule has 2 rings (SSSR count). The van der Waals surface area contributed by atoms with Crippen LogP contribution >= 0.6 is 0 Å². The van der Waals surface area contributed by atoms with E-state index >= 15 is 0 Å². The molecule has 0 saturated carbocycles. The summed E-state index contributed by atoms with van der Waals surface area (Å²) in [7, 11) is 0. The summed E-state index contributed by atoms with van der Waals surface area (Å²) in [6, 6.07) is 10.6. The van der Waals surface area contributed by atoms with Crippen molar-refractivity contribution in [1.82, 2.24) is 4.90 Å². The lowest BCUT2D eigenvalue weighted by Crippen LogP contribution is -2.44. The lowest BCUT2D eigenvalue weighted by atomic mass is 10.0. The standard InChI is InChI=1S/C14H20N2/c1-14(2,3)16-10-9-15-13(16)11-12-7-5-4-6-8-12/h4-8H,9-11H2,1-3H3. The van der Waals surface area contributed by atoms with E-state index in [1.54, 1.807) is 0 Å². The van der Waals surface area contributed by atoms with Gasteiger partial charge >= 0.3 is 0 Å². The lowest BCUT2D eigenvalue weighted by Gasteiger charge is -2.34. The van der Waals surface area contributed by atoms with Gasteiger partial charge in [-0.05, 0) is 26.3 Å². The maximum atomic E-state index is 4.62. The van der Waals surface area contributed by atoms with Gasteiger partial charge in [0.15, 0.2) is 0 Å². The number of hydrogen-bond acceptors (Lipinski definition) is 2. The summed E-state index contributed by atoms with van der Waals surface area (Å²) in [6.07, 6.45) is 0.956. The van der Waals surface area contributed by atoms with Crippen LogP contribution in [0.2, 0.25) is 0 Å². The Labute approximate surface area is 98.0 Å². The van der Waals surface area contributed by atoms with E-state index in [4.69, 9.17) is 0 Å². The first kappa shape index (κ1) is 11.2. The minimum Gasteiger partial charge on any atom is -0.353 e. The maximum Gasteiger partial charge on any atom is 0.104 e. The molecular weight excluding hydrogens is 196 g/mol. The van der Waals surface area contributed by atoms with Crippen molar-refractivity contribution in [3.05, 3.63) is 35.9 Å². The van der Waals surface area contributed by atoms with E-state index in [0.717, 1.165) is 19.5 Å². The van der Waals surface area contributed by atoms with Crippen molar-refractivity contribution in [1.29, 1.82) is 0 Å². The highest BCUT2D eigenvalue weighted by atomic mass is 15.3. The smallest absolute Gasteiger partial charge is 0.104 e. The Morgan fingerprint density at radius 3 is 2.50 bits per heavy atom. The molecule has 0 fully saturated rings. The monoisotopic (exact) mass is 216 g/mol. The van der Waals surface area contributed by atoms with Crippen LogP contribution in [0.25, 0.3) is 0 Å². The predicted molar refractivity (Wildman–Crippen MR) is 68.9 cm³/mol. The highest BCUT2D eigenvalue weighted by Crippen LogP contribution is 2.19. The van der Waals surface area contributed by atoms with E-state index in [1.165, 1.54) is 11.4 Å². The Bertz CT molecular complexity index is 373. The molecule has 0 atom stereocenters.